The van der Waals surface area contributed by atoms with Crippen LogP contribution in [0.2, 0.25) is 0 Å². The van der Waals surface area contributed by atoms with Gasteiger partial charge in [-0.1, -0.05) is 31.6 Å². The molecule has 0 bridgehead atoms. The number of nitrogens with zero attached hydrogens (tertiary/aromatic N) is 2. The van der Waals surface area contributed by atoms with Crippen LogP contribution >= 0.6 is 0 Å². The number of ether oxygens (including phenoxy) is 2. The molecule has 3 atom stereocenters. The number of amides is 2. The van der Waals surface area contributed by atoms with Crippen molar-refractivity contribution in [2.75, 3.05) is 26.3 Å². The molecule has 4 aliphatic rings. The van der Waals surface area contributed by atoms with Crippen LogP contribution < -0.4 is 0 Å². The van der Waals surface area contributed by atoms with E-state index in [4.69, 9.17) is 9.47 Å². The van der Waals surface area contributed by atoms with Gasteiger partial charge in [-0.15, -0.1) is 0 Å². The van der Waals surface area contributed by atoms with Crippen LogP contribution in [0.15, 0.2) is 23.8 Å². The Morgan fingerprint density at radius 1 is 1.21 bits per heavy atom. The van der Waals surface area contributed by atoms with Crippen molar-refractivity contribution in [3.05, 3.63) is 23.8 Å². The van der Waals surface area contributed by atoms with Crippen molar-refractivity contribution in [3.63, 3.8) is 0 Å². The Morgan fingerprint density at radius 2 is 1.93 bits per heavy atom. The Morgan fingerprint density at radius 3 is 2.61 bits per heavy atom. The summed E-state index contributed by atoms with van der Waals surface area (Å²) in [4.78, 5) is 30.4. The van der Waals surface area contributed by atoms with E-state index in [2.05, 4.69) is 13.8 Å². The van der Waals surface area contributed by atoms with Crippen molar-refractivity contribution in [2.45, 2.75) is 70.2 Å². The van der Waals surface area contributed by atoms with Gasteiger partial charge < -0.3 is 19.3 Å². The highest BCUT2D eigenvalue weighted by Gasteiger charge is 2.62. The first-order valence-corrected chi connectivity index (χ1v) is 10.9. The van der Waals surface area contributed by atoms with Crippen LogP contribution in [-0.2, 0) is 19.1 Å². The summed E-state index contributed by atoms with van der Waals surface area (Å²) in [7, 11) is 0. The fourth-order valence-corrected chi connectivity index (χ4v) is 5.06. The lowest BCUT2D eigenvalue weighted by Gasteiger charge is -2.36. The molecule has 0 aromatic carbocycles. The maximum Gasteiger partial charge on any atom is 0.284 e. The highest BCUT2D eigenvalue weighted by atomic mass is 16.7. The molecule has 154 valence electrons. The van der Waals surface area contributed by atoms with E-state index in [1.54, 1.807) is 0 Å². The second-order valence-corrected chi connectivity index (χ2v) is 8.42. The molecule has 3 heterocycles. The molecule has 0 aromatic rings. The van der Waals surface area contributed by atoms with Gasteiger partial charge in [-0.2, -0.15) is 0 Å². The Balaban J connectivity index is 1.65. The maximum atomic E-state index is 13.5. The summed E-state index contributed by atoms with van der Waals surface area (Å²) >= 11 is 0. The SMILES string of the molecule is CCCC(C)N1C(=O)C2(OCCCO2)C2C=C(C(=O)N3CCCCC3)C=CC21. The molecule has 1 aliphatic carbocycles. The number of hydrogen-bond donors (Lipinski definition) is 0. The van der Waals surface area contributed by atoms with Gasteiger partial charge in [0, 0.05) is 24.7 Å². The van der Waals surface area contributed by atoms with Crippen molar-refractivity contribution >= 4 is 11.8 Å². The molecular formula is C22H32N2O4. The second-order valence-electron chi connectivity index (χ2n) is 8.42. The third-order valence-corrected chi connectivity index (χ3v) is 6.49. The Bertz CT molecular complexity index is 674. The molecular weight excluding hydrogens is 356 g/mol. The fourth-order valence-electron chi connectivity index (χ4n) is 5.06. The van der Waals surface area contributed by atoms with Crippen LogP contribution in [0, 0.1) is 5.92 Å². The van der Waals surface area contributed by atoms with E-state index in [-0.39, 0.29) is 29.8 Å². The van der Waals surface area contributed by atoms with Crippen molar-refractivity contribution in [3.8, 4) is 0 Å². The monoisotopic (exact) mass is 388 g/mol. The zero-order chi connectivity index (χ0) is 19.7. The van der Waals surface area contributed by atoms with Gasteiger partial charge in [0.15, 0.2) is 0 Å². The summed E-state index contributed by atoms with van der Waals surface area (Å²) in [5.74, 6) is -1.58. The minimum atomic E-state index is -1.27. The highest BCUT2D eigenvalue weighted by molar-refractivity contribution is 5.98. The first-order chi connectivity index (χ1) is 13.6. The largest absolute Gasteiger partial charge is 0.342 e. The maximum absolute atomic E-state index is 13.5. The minimum absolute atomic E-state index is 0.0628. The first-order valence-electron chi connectivity index (χ1n) is 10.9. The Kier molecular flexibility index (Phi) is 5.61. The molecule has 3 unspecified atom stereocenters. The number of piperidine rings is 1. The van der Waals surface area contributed by atoms with Gasteiger partial charge >= 0.3 is 0 Å². The van der Waals surface area contributed by atoms with E-state index in [9.17, 15) is 9.59 Å². The third-order valence-electron chi connectivity index (χ3n) is 6.49. The van der Waals surface area contributed by atoms with Gasteiger partial charge in [-0.25, -0.2) is 0 Å². The van der Waals surface area contributed by atoms with E-state index >= 15 is 0 Å². The van der Waals surface area contributed by atoms with Crippen LogP contribution in [0.3, 0.4) is 0 Å². The Labute approximate surface area is 167 Å². The quantitative estimate of drug-likeness (QED) is 0.743. The third kappa shape index (κ3) is 3.20. The molecule has 0 aromatic heterocycles. The number of likely N-dealkylation sites (tertiary alicyclic amines) is 2. The van der Waals surface area contributed by atoms with Crippen molar-refractivity contribution in [1.29, 1.82) is 0 Å². The van der Waals surface area contributed by atoms with Crippen molar-refractivity contribution < 1.29 is 19.1 Å². The summed E-state index contributed by atoms with van der Waals surface area (Å²) in [6.45, 7) is 6.87. The lowest BCUT2D eigenvalue weighted by molar-refractivity contribution is -0.262. The topological polar surface area (TPSA) is 59.1 Å². The number of rotatable bonds is 4. The smallest absolute Gasteiger partial charge is 0.284 e. The second kappa shape index (κ2) is 7.99. The minimum Gasteiger partial charge on any atom is -0.342 e. The molecule has 28 heavy (non-hydrogen) atoms. The molecule has 6 heteroatoms. The summed E-state index contributed by atoms with van der Waals surface area (Å²) in [5, 5.41) is 0. The van der Waals surface area contributed by atoms with E-state index in [0.717, 1.165) is 45.2 Å². The van der Waals surface area contributed by atoms with Crippen LogP contribution in [-0.4, -0.2) is 65.8 Å². The molecule has 4 rings (SSSR count). The summed E-state index contributed by atoms with van der Waals surface area (Å²) in [6, 6.07) is -0.0130. The van der Waals surface area contributed by atoms with Gasteiger partial charge in [-0.05, 0) is 39.0 Å². The molecule has 3 aliphatic heterocycles. The average molecular weight is 389 g/mol. The molecule has 2 amide bonds. The molecule has 3 fully saturated rings. The zero-order valence-electron chi connectivity index (χ0n) is 17.1. The number of carbonyl (C=O) groups excluding carboxylic acids is 2. The van der Waals surface area contributed by atoms with Crippen molar-refractivity contribution in [2.24, 2.45) is 5.92 Å². The van der Waals surface area contributed by atoms with E-state index < -0.39 is 5.79 Å². The van der Waals surface area contributed by atoms with Crippen LogP contribution in [0.25, 0.3) is 0 Å². The summed E-state index contributed by atoms with van der Waals surface area (Å²) in [6.07, 6.45) is 11.9. The average Bonchev–Trinajstić information content (AvgIpc) is 2.96. The molecule has 3 saturated heterocycles. The molecule has 6 nitrogen and oxygen atoms in total. The molecule has 1 spiro atoms. The summed E-state index contributed by atoms with van der Waals surface area (Å²) in [5.41, 5.74) is 0.665. The van der Waals surface area contributed by atoms with Crippen molar-refractivity contribution in [1.82, 2.24) is 9.80 Å². The standard InChI is InChI=1S/C22H32N2O4/c1-3-8-16(2)24-19-10-9-17(20(25)23-11-5-4-6-12-23)15-18(19)22(21(24)26)27-13-7-14-28-22/h9-10,15-16,18-19H,3-8,11-14H2,1-2H3. The fraction of sp³-hybridized carbons (Fsp3) is 0.727. The lowest BCUT2D eigenvalue weighted by atomic mass is 9.86. The normalized spacial score (nSPS) is 30.4. The zero-order valence-corrected chi connectivity index (χ0v) is 17.1. The van der Waals surface area contributed by atoms with Gasteiger partial charge in [0.2, 0.25) is 0 Å². The number of fused-ring (bicyclic) bond motifs is 2. The first kappa shape index (κ1) is 19.6. The van der Waals surface area contributed by atoms with E-state index in [1.807, 2.05) is 28.0 Å². The van der Waals surface area contributed by atoms with E-state index in [0.29, 0.717) is 18.8 Å². The van der Waals surface area contributed by atoms with E-state index in [1.165, 1.54) is 6.42 Å². The Hall–Kier alpha value is -1.66. The predicted octanol–water partition coefficient (Wildman–Crippen LogP) is 2.64. The lowest BCUT2D eigenvalue weighted by Crippen LogP contribution is -2.52. The molecule has 0 saturated carbocycles. The number of carbonyl (C=O) groups is 2. The molecule has 0 radical (unpaired) electrons. The van der Waals surface area contributed by atoms with Gasteiger partial charge in [-0.3, -0.25) is 9.59 Å². The van der Waals surface area contributed by atoms with Crippen LogP contribution in [0.4, 0.5) is 0 Å². The van der Waals surface area contributed by atoms with Gasteiger partial charge in [0.05, 0.1) is 25.2 Å². The highest BCUT2D eigenvalue weighted by Crippen LogP contribution is 2.45. The van der Waals surface area contributed by atoms with Crippen LogP contribution in [0.1, 0.15) is 52.4 Å². The van der Waals surface area contributed by atoms with Crippen LogP contribution in [0.5, 0.6) is 0 Å². The predicted molar refractivity (Wildman–Crippen MR) is 105 cm³/mol. The summed E-state index contributed by atoms with van der Waals surface area (Å²) < 4.78 is 12.0. The molecule has 0 N–H and O–H groups in total. The number of hydrogen-bond acceptors (Lipinski definition) is 4. The van der Waals surface area contributed by atoms with Gasteiger partial charge in [0.1, 0.15) is 0 Å². The van der Waals surface area contributed by atoms with Gasteiger partial charge in [0.25, 0.3) is 17.6 Å².